The summed E-state index contributed by atoms with van der Waals surface area (Å²) in [6.07, 6.45) is 0.745. The van der Waals surface area contributed by atoms with Crippen LogP contribution in [0.2, 0.25) is 0 Å². The van der Waals surface area contributed by atoms with E-state index in [2.05, 4.69) is 0 Å². The van der Waals surface area contributed by atoms with E-state index in [1.807, 2.05) is 6.92 Å². The standard InChI is InChI=1S/C9H14N2O3/c1-3-10-5-8(13)11(9(10)14)4-7(2)6-12/h6-7H,3-5H2,1-2H3. The third kappa shape index (κ3) is 1.92. The van der Waals surface area contributed by atoms with Crippen molar-refractivity contribution < 1.29 is 14.4 Å². The second-order valence-electron chi connectivity index (χ2n) is 3.41. The zero-order valence-electron chi connectivity index (χ0n) is 8.40. The van der Waals surface area contributed by atoms with E-state index in [0.717, 1.165) is 11.2 Å². The molecule has 0 spiro atoms. The first-order valence-corrected chi connectivity index (χ1v) is 4.64. The molecule has 1 fully saturated rings. The molecule has 78 valence electrons. The highest BCUT2D eigenvalue weighted by molar-refractivity contribution is 6.02. The van der Waals surface area contributed by atoms with Crippen LogP contribution in [0.25, 0.3) is 0 Å². The molecule has 1 aliphatic rings. The van der Waals surface area contributed by atoms with Crippen molar-refractivity contribution in [3.05, 3.63) is 0 Å². The monoisotopic (exact) mass is 198 g/mol. The van der Waals surface area contributed by atoms with Gasteiger partial charge in [0.15, 0.2) is 0 Å². The van der Waals surface area contributed by atoms with E-state index < -0.39 is 0 Å². The van der Waals surface area contributed by atoms with Crippen LogP contribution in [0.5, 0.6) is 0 Å². The lowest BCUT2D eigenvalue weighted by Gasteiger charge is -2.16. The first-order valence-electron chi connectivity index (χ1n) is 4.64. The molecule has 1 saturated heterocycles. The van der Waals surface area contributed by atoms with Crippen molar-refractivity contribution in [3.8, 4) is 0 Å². The third-order valence-corrected chi connectivity index (χ3v) is 2.21. The Labute approximate surface area is 82.7 Å². The van der Waals surface area contributed by atoms with Crippen LogP contribution >= 0.6 is 0 Å². The van der Waals surface area contributed by atoms with Gasteiger partial charge < -0.3 is 9.69 Å². The molecule has 5 heteroatoms. The van der Waals surface area contributed by atoms with E-state index in [1.54, 1.807) is 6.92 Å². The fourth-order valence-corrected chi connectivity index (χ4v) is 1.35. The number of urea groups is 1. The highest BCUT2D eigenvalue weighted by Gasteiger charge is 2.35. The fourth-order valence-electron chi connectivity index (χ4n) is 1.35. The molecule has 1 heterocycles. The molecule has 0 aromatic heterocycles. The molecule has 1 aliphatic heterocycles. The van der Waals surface area contributed by atoms with E-state index >= 15 is 0 Å². The van der Waals surface area contributed by atoms with Gasteiger partial charge in [-0.1, -0.05) is 6.92 Å². The van der Waals surface area contributed by atoms with Crippen molar-refractivity contribution in [1.29, 1.82) is 0 Å². The molecule has 5 nitrogen and oxygen atoms in total. The maximum Gasteiger partial charge on any atom is 0.327 e. The Morgan fingerprint density at radius 3 is 2.57 bits per heavy atom. The Morgan fingerprint density at radius 2 is 2.14 bits per heavy atom. The molecular weight excluding hydrogens is 184 g/mol. The van der Waals surface area contributed by atoms with Gasteiger partial charge >= 0.3 is 6.03 Å². The number of carbonyl (C=O) groups is 3. The average Bonchev–Trinajstić information content (AvgIpc) is 2.44. The molecule has 0 bridgehead atoms. The minimum absolute atomic E-state index is 0.140. The predicted octanol–water partition coefficient (Wildman–Crippen LogP) is 0.105. The van der Waals surface area contributed by atoms with Crippen LogP contribution in [0.3, 0.4) is 0 Å². The van der Waals surface area contributed by atoms with E-state index in [1.165, 1.54) is 4.90 Å². The van der Waals surface area contributed by atoms with Crippen molar-refractivity contribution in [2.75, 3.05) is 19.6 Å². The average molecular weight is 198 g/mol. The number of hydrogen-bond acceptors (Lipinski definition) is 3. The maximum atomic E-state index is 11.5. The van der Waals surface area contributed by atoms with Gasteiger partial charge in [-0.05, 0) is 6.92 Å². The Kier molecular flexibility index (Phi) is 3.22. The lowest BCUT2D eigenvalue weighted by Crippen LogP contribution is -2.36. The van der Waals surface area contributed by atoms with Gasteiger partial charge in [-0.2, -0.15) is 0 Å². The fraction of sp³-hybridized carbons (Fsp3) is 0.667. The molecular formula is C9H14N2O3. The second kappa shape index (κ2) is 4.21. The van der Waals surface area contributed by atoms with Crippen LogP contribution in [0.15, 0.2) is 0 Å². The Balaban J connectivity index is 2.65. The summed E-state index contributed by atoms with van der Waals surface area (Å²) in [5.41, 5.74) is 0. The first-order chi connectivity index (χ1) is 6.60. The van der Waals surface area contributed by atoms with Gasteiger partial charge in [0, 0.05) is 19.0 Å². The van der Waals surface area contributed by atoms with Gasteiger partial charge in [0.25, 0.3) is 0 Å². The van der Waals surface area contributed by atoms with Gasteiger partial charge in [-0.3, -0.25) is 9.69 Å². The Bertz CT molecular complexity index is 265. The molecule has 14 heavy (non-hydrogen) atoms. The topological polar surface area (TPSA) is 57.7 Å². The molecule has 0 aliphatic carbocycles. The number of hydrogen-bond donors (Lipinski definition) is 0. The molecule has 1 unspecified atom stereocenters. The smallest absolute Gasteiger partial charge is 0.315 e. The van der Waals surface area contributed by atoms with Crippen LogP contribution in [0, 0.1) is 5.92 Å². The normalized spacial score (nSPS) is 19.0. The van der Waals surface area contributed by atoms with Gasteiger partial charge in [0.05, 0.1) is 0 Å². The zero-order valence-corrected chi connectivity index (χ0v) is 8.40. The molecule has 0 aromatic rings. The minimum atomic E-state index is -0.292. The molecule has 0 aromatic carbocycles. The molecule has 1 rings (SSSR count). The highest BCUT2D eigenvalue weighted by Crippen LogP contribution is 2.11. The van der Waals surface area contributed by atoms with Gasteiger partial charge in [0.2, 0.25) is 5.91 Å². The molecule has 3 amide bonds. The SMILES string of the molecule is CCN1CC(=O)N(CC(C)C=O)C1=O. The number of imide groups is 1. The van der Waals surface area contributed by atoms with E-state index in [0.29, 0.717) is 6.54 Å². The summed E-state index contributed by atoms with van der Waals surface area (Å²) in [6.45, 7) is 4.36. The molecule has 0 radical (unpaired) electrons. The number of nitrogens with zero attached hydrogens (tertiary/aromatic N) is 2. The van der Waals surface area contributed by atoms with Gasteiger partial charge in [0.1, 0.15) is 12.8 Å². The molecule has 0 N–H and O–H groups in total. The summed E-state index contributed by atoms with van der Waals surface area (Å²) in [5.74, 6) is -0.509. The van der Waals surface area contributed by atoms with Crippen LogP contribution in [0.1, 0.15) is 13.8 Å². The maximum absolute atomic E-state index is 11.5. The highest BCUT2D eigenvalue weighted by atomic mass is 16.2. The summed E-state index contributed by atoms with van der Waals surface area (Å²) in [5, 5.41) is 0. The summed E-state index contributed by atoms with van der Waals surface area (Å²) < 4.78 is 0. The number of rotatable bonds is 4. The summed E-state index contributed by atoms with van der Waals surface area (Å²) in [4.78, 5) is 35.9. The quantitative estimate of drug-likeness (QED) is 0.475. The Morgan fingerprint density at radius 1 is 1.50 bits per heavy atom. The van der Waals surface area contributed by atoms with Crippen LogP contribution in [0.4, 0.5) is 4.79 Å². The van der Waals surface area contributed by atoms with Crippen molar-refractivity contribution in [2.45, 2.75) is 13.8 Å². The number of aldehydes is 1. The van der Waals surface area contributed by atoms with E-state index in [4.69, 9.17) is 0 Å². The number of amides is 3. The van der Waals surface area contributed by atoms with Crippen molar-refractivity contribution in [3.63, 3.8) is 0 Å². The largest absolute Gasteiger partial charge is 0.327 e. The predicted molar refractivity (Wildman–Crippen MR) is 49.6 cm³/mol. The number of carbonyl (C=O) groups excluding carboxylic acids is 3. The van der Waals surface area contributed by atoms with Crippen molar-refractivity contribution >= 4 is 18.2 Å². The van der Waals surface area contributed by atoms with Crippen molar-refractivity contribution in [2.24, 2.45) is 5.92 Å². The second-order valence-corrected chi connectivity index (χ2v) is 3.41. The van der Waals surface area contributed by atoms with Gasteiger partial charge in [-0.15, -0.1) is 0 Å². The van der Waals surface area contributed by atoms with E-state index in [9.17, 15) is 14.4 Å². The number of likely N-dealkylation sites (N-methyl/N-ethyl adjacent to an activating group) is 1. The molecule has 0 saturated carbocycles. The summed E-state index contributed by atoms with van der Waals surface area (Å²) >= 11 is 0. The summed E-state index contributed by atoms with van der Waals surface area (Å²) in [7, 11) is 0. The van der Waals surface area contributed by atoms with Crippen LogP contribution < -0.4 is 0 Å². The van der Waals surface area contributed by atoms with Crippen LogP contribution in [-0.2, 0) is 9.59 Å². The minimum Gasteiger partial charge on any atom is -0.315 e. The Hall–Kier alpha value is -1.39. The lowest BCUT2D eigenvalue weighted by atomic mass is 10.2. The zero-order chi connectivity index (χ0) is 10.7. The molecule has 1 atom stereocenters. The lowest BCUT2D eigenvalue weighted by molar-refractivity contribution is -0.126. The summed E-state index contributed by atoms with van der Waals surface area (Å²) in [6, 6.07) is -0.286. The van der Waals surface area contributed by atoms with Crippen LogP contribution in [-0.4, -0.2) is 47.7 Å². The first kappa shape index (κ1) is 10.7. The third-order valence-electron chi connectivity index (χ3n) is 2.21. The van der Waals surface area contributed by atoms with E-state index in [-0.39, 0.29) is 30.9 Å². The van der Waals surface area contributed by atoms with Gasteiger partial charge in [-0.25, -0.2) is 4.79 Å². The van der Waals surface area contributed by atoms with Crippen molar-refractivity contribution in [1.82, 2.24) is 9.80 Å².